The first-order valence-corrected chi connectivity index (χ1v) is 5.74. The van der Waals surface area contributed by atoms with E-state index in [0.717, 1.165) is 11.1 Å². The average Bonchev–Trinajstić information content (AvgIpc) is 2.40. The topological polar surface area (TPSA) is 26.3 Å². The molecule has 0 amide bonds. The van der Waals surface area contributed by atoms with Gasteiger partial charge in [0.25, 0.3) is 0 Å². The molecule has 0 heterocycles. The Morgan fingerprint density at radius 2 is 1.50 bits per heavy atom. The van der Waals surface area contributed by atoms with Gasteiger partial charge in [0.15, 0.2) is 0 Å². The van der Waals surface area contributed by atoms with Crippen LogP contribution in [-0.4, -0.2) is 5.97 Å². The van der Waals surface area contributed by atoms with Crippen molar-refractivity contribution in [1.82, 2.24) is 0 Å². The zero-order chi connectivity index (χ0) is 12.8. The van der Waals surface area contributed by atoms with Crippen molar-refractivity contribution in [1.29, 1.82) is 0 Å². The van der Waals surface area contributed by atoms with Crippen molar-refractivity contribution in [3.8, 4) is 0 Å². The molecule has 0 bridgehead atoms. The van der Waals surface area contributed by atoms with Crippen molar-refractivity contribution in [3.63, 3.8) is 0 Å². The second-order valence-corrected chi connectivity index (χ2v) is 3.93. The summed E-state index contributed by atoms with van der Waals surface area (Å²) < 4.78 is 5.21. The molecule has 90 valence electrons. The molecule has 0 unspecified atom stereocenters. The minimum atomic E-state index is -0.296. The minimum absolute atomic E-state index is 0.257. The normalized spacial score (nSPS) is 9.78. The maximum Gasteiger partial charge on any atom is 0.315 e. The van der Waals surface area contributed by atoms with E-state index >= 15 is 0 Å². The van der Waals surface area contributed by atoms with Crippen molar-refractivity contribution < 1.29 is 9.53 Å². The van der Waals surface area contributed by atoms with Crippen molar-refractivity contribution >= 4 is 11.7 Å². The van der Waals surface area contributed by atoms with Crippen molar-refractivity contribution in [2.45, 2.75) is 6.42 Å². The van der Waals surface area contributed by atoms with Gasteiger partial charge in [-0.1, -0.05) is 67.2 Å². The van der Waals surface area contributed by atoms with Gasteiger partial charge < -0.3 is 4.74 Å². The van der Waals surface area contributed by atoms with Crippen LogP contribution < -0.4 is 0 Å². The third kappa shape index (κ3) is 3.32. The predicted octanol–water partition coefficient (Wildman–Crippen LogP) is 3.44. The Morgan fingerprint density at radius 3 is 2.11 bits per heavy atom. The Hall–Kier alpha value is -2.35. The molecule has 2 nitrogen and oxygen atoms in total. The van der Waals surface area contributed by atoms with Crippen LogP contribution in [0.25, 0.3) is 5.76 Å². The van der Waals surface area contributed by atoms with Gasteiger partial charge in [0.1, 0.15) is 5.76 Å². The van der Waals surface area contributed by atoms with Crippen LogP contribution in [0.4, 0.5) is 0 Å². The van der Waals surface area contributed by atoms with E-state index in [9.17, 15) is 4.79 Å². The van der Waals surface area contributed by atoms with Gasteiger partial charge in [-0.2, -0.15) is 0 Å². The molecular formula is C16H14O2. The molecule has 0 atom stereocenters. The molecule has 0 aliphatic heterocycles. The quantitative estimate of drug-likeness (QED) is 0.602. The molecule has 0 saturated heterocycles. The first-order chi connectivity index (χ1) is 8.75. The van der Waals surface area contributed by atoms with Gasteiger partial charge in [-0.15, -0.1) is 0 Å². The molecular weight excluding hydrogens is 224 g/mol. The Balaban J connectivity index is 1.94. The standard InChI is InChI=1S/C16H14O2/c1-13(15-10-6-3-7-11-15)18-16(17)12-14-8-4-2-5-9-14/h2-11H,1,12H2. The summed E-state index contributed by atoms with van der Waals surface area (Å²) in [4.78, 5) is 11.7. The molecule has 2 rings (SSSR count). The van der Waals surface area contributed by atoms with Gasteiger partial charge in [-0.05, 0) is 5.56 Å². The number of esters is 1. The minimum Gasteiger partial charge on any atom is -0.426 e. The SMILES string of the molecule is C=C(OC(=O)Cc1ccccc1)c1ccccc1. The Bertz CT molecular complexity index is 530. The highest BCUT2D eigenvalue weighted by molar-refractivity contribution is 5.79. The molecule has 2 heteroatoms. The summed E-state index contributed by atoms with van der Waals surface area (Å²) in [5, 5.41) is 0. The molecule has 18 heavy (non-hydrogen) atoms. The fourth-order valence-electron chi connectivity index (χ4n) is 1.62. The maximum absolute atomic E-state index is 11.7. The molecule has 0 radical (unpaired) electrons. The lowest BCUT2D eigenvalue weighted by atomic mass is 10.1. The summed E-state index contributed by atoms with van der Waals surface area (Å²) in [5.41, 5.74) is 1.75. The second kappa shape index (κ2) is 5.82. The molecule has 2 aromatic rings. The number of ether oxygens (including phenoxy) is 1. The van der Waals surface area contributed by atoms with E-state index in [1.54, 1.807) is 0 Å². The fourth-order valence-corrected chi connectivity index (χ4v) is 1.62. The van der Waals surface area contributed by atoms with Crippen LogP contribution >= 0.6 is 0 Å². The lowest BCUT2D eigenvalue weighted by molar-refractivity contribution is -0.135. The molecule has 0 aromatic heterocycles. The zero-order valence-electron chi connectivity index (χ0n) is 10.0. The Labute approximate surface area is 107 Å². The van der Waals surface area contributed by atoms with E-state index in [1.807, 2.05) is 60.7 Å². The lowest BCUT2D eigenvalue weighted by Crippen LogP contribution is -2.06. The van der Waals surface area contributed by atoms with Crippen LogP contribution in [0.15, 0.2) is 67.2 Å². The van der Waals surface area contributed by atoms with E-state index in [4.69, 9.17) is 4.74 Å². The molecule has 0 fully saturated rings. The summed E-state index contributed by atoms with van der Waals surface area (Å²) in [6.07, 6.45) is 0.257. The average molecular weight is 238 g/mol. The highest BCUT2D eigenvalue weighted by Gasteiger charge is 2.08. The number of benzene rings is 2. The summed E-state index contributed by atoms with van der Waals surface area (Å²) in [7, 11) is 0. The fraction of sp³-hybridized carbons (Fsp3) is 0.0625. The Morgan fingerprint density at radius 1 is 0.944 bits per heavy atom. The van der Waals surface area contributed by atoms with Crippen LogP contribution in [-0.2, 0) is 16.0 Å². The van der Waals surface area contributed by atoms with Crippen molar-refractivity contribution in [2.75, 3.05) is 0 Å². The largest absolute Gasteiger partial charge is 0.426 e. The van der Waals surface area contributed by atoms with Gasteiger partial charge in [-0.3, -0.25) is 4.79 Å². The third-order valence-corrected chi connectivity index (χ3v) is 2.52. The first kappa shape index (κ1) is 12.1. The van der Waals surface area contributed by atoms with Crippen LogP contribution in [0.1, 0.15) is 11.1 Å². The van der Waals surface area contributed by atoms with Gasteiger partial charge in [-0.25, -0.2) is 0 Å². The first-order valence-electron chi connectivity index (χ1n) is 5.74. The number of hydrogen-bond acceptors (Lipinski definition) is 2. The maximum atomic E-state index is 11.7. The van der Waals surface area contributed by atoms with Crippen LogP contribution in [0.5, 0.6) is 0 Å². The molecule has 0 aliphatic carbocycles. The highest BCUT2D eigenvalue weighted by atomic mass is 16.5. The van der Waals surface area contributed by atoms with Crippen molar-refractivity contribution in [2.24, 2.45) is 0 Å². The van der Waals surface area contributed by atoms with E-state index < -0.39 is 0 Å². The van der Waals surface area contributed by atoms with Crippen LogP contribution in [0.3, 0.4) is 0 Å². The zero-order valence-corrected chi connectivity index (χ0v) is 10.0. The number of hydrogen-bond donors (Lipinski definition) is 0. The number of rotatable bonds is 4. The molecule has 2 aromatic carbocycles. The second-order valence-electron chi connectivity index (χ2n) is 3.93. The van der Waals surface area contributed by atoms with Crippen LogP contribution in [0, 0.1) is 0 Å². The number of carbonyl (C=O) groups excluding carboxylic acids is 1. The molecule has 0 saturated carbocycles. The van der Waals surface area contributed by atoms with E-state index in [0.29, 0.717) is 5.76 Å². The smallest absolute Gasteiger partial charge is 0.315 e. The molecule has 0 aliphatic rings. The monoisotopic (exact) mass is 238 g/mol. The molecule has 0 N–H and O–H groups in total. The van der Waals surface area contributed by atoms with E-state index in [2.05, 4.69) is 6.58 Å². The Kier molecular flexibility index (Phi) is 3.92. The predicted molar refractivity (Wildman–Crippen MR) is 71.7 cm³/mol. The van der Waals surface area contributed by atoms with E-state index in [-0.39, 0.29) is 12.4 Å². The van der Waals surface area contributed by atoms with Gasteiger partial charge in [0, 0.05) is 5.56 Å². The third-order valence-electron chi connectivity index (χ3n) is 2.52. The summed E-state index contributed by atoms with van der Waals surface area (Å²) in [5.74, 6) is 0.0894. The number of carbonyl (C=O) groups is 1. The highest BCUT2D eigenvalue weighted by Crippen LogP contribution is 2.14. The lowest BCUT2D eigenvalue weighted by Gasteiger charge is -2.07. The van der Waals surface area contributed by atoms with Gasteiger partial charge in [0.2, 0.25) is 0 Å². The van der Waals surface area contributed by atoms with Gasteiger partial charge >= 0.3 is 5.97 Å². The summed E-state index contributed by atoms with van der Waals surface area (Å²) in [6.45, 7) is 3.76. The van der Waals surface area contributed by atoms with Crippen LogP contribution in [0.2, 0.25) is 0 Å². The van der Waals surface area contributed by atoms with E-state index in [1.165, 1.54) is 0 Å². The van der Waals surface area contributed by atoms with Crippen molar-refractivity contribution in [3.05, 3.63) is 78.4 Å². The van der Waals surface area contributed by atoms with Gasteiger partial charge in [0.05, 0.1) is 6.42 Å². The summed E-state index contributed by atoms with van der Waals surface area (Å²) >= 11 is 0. The molecule has 0 spiro atoms. The summed E-state index contributed by atoms with van der Waals surface area (Å²) in [6, 6.07) is 18.9.